The second-order valence-corrected chi connectivity index (χ2v) is 13.8. The number of esters is 1. The summed E-state index contributed by atoms with van der Waals surface area (Å²) in [4.78, 5) is 11.9. The first-order valence-corrected chi connectivity index (χ1v) is 19.5. The highest BCUT2D eigenvalue weighted by molar-refractivity contribution is 5.69. The summed E-state index contributed by atoms with van der Waals surface area (Å²) in [5.41, 5.74) is 0. The summed E-state index contributed by atoms with van der Waals surface area (Å²) in [5, 5.41) is 0. The molecule has 0 aliphatic heterocycles. The summed E-state index contributed by atoms with van der Waals surface area (Å²) >= 11 is 0. The van der Waals surface area contributed by atoms with E-state index >= 15 is 0 Å². The van der Waals surface area contributed by atoms with E-state index in [1.807, 2.05) is 6.08 Å². The third-order valence-electron chi connectivity index (χ3n) is 8.93. The van der Waals surface area contributed by atoms with Crippen molar-refractivity contribution in [1.29, 1.82) is 0 Å². The molecule has 0 aromatic carbocycles. The van der Waals surface area contributed by atoms with Crippen molar-refractivity contribution in [2.45, 2.75) is 233 Å². The fraction of sp³-hybridized carbons (Fsp3) is 0.925. The summed E-state index contributed by atoms with van der Waals surface area (Å²) in [7, 11) is 0. The number of allylic oxidation sites excluding steroid dienone is 1. The molecule has 0 amide bonds. The minimum atomic E-state index is -0.0579. The molecule has 0 atom stereocenters. The van der Waals surface area contributed by atoms with Gasteiger partial charge >= 0.3 is 5.97 Å². The van der Waals surface area contributed by atoms with Crippen molar-refractivity contribution in [3.05, 3.63) is 12.3 Å². The molecule has 0 aliphatic carbocycles. The van der Waals surface area contributed by atoms with Crippen LogP contribution < -0.4 is 0 Å². The quantitative estimate of drug-likeness (QED) is 0.0417. The van der Waals surface area contributed by atoms with Gasteiger partial charge in [0.2, 0.25) is 0 Å². The van der Waals surface area contributed by atoms with Crippen LogP contribution in [0, 0.1) is 5.92 Å². The molecule has 0 unspecified atom stereocenters. The third kappa shape index (κ3) is 37.2. The first-order valence-electron chi connectivity index (χ1n) is 19.5. The van der Waals surface area contributed by atoms with Crippen LogP contribution in [0.2, 0.25) is 0 Å². The lowest BCUT2D eigenvalue weighted by Gasteiger charge is -2.05. The van der Waals surface area contributed by atoms with E-state index in [1.54, 1.807) is 6.26 Å². The molecule has 0 rings (SSSR count). The smallest absolute Gasteiger partial charge is 0.310 e. The molecule has 0 aromatic heterocycles. The Morgan fingerprint density at radius 1 is 0.476 bits per heavy atom. The number of carbonyl (C=O) groups excluding carboxylic acids is 1. The van der Waals surface area contributed by atoms with Gasteiger partial charge in [0, 0.05) is 6.42 Å². The summed E-state index contributed by atoms with van der Waals surface area (Å²) in [6.45, 7) is 6.95. The van der Waals surface area contributed by atoms with Gasteiger partial charge in [-0.15, -0.1) is 0 Å². The highest BCUT2D eigenvalue weighted by Gasteiger charge is 2.01. The lowest BCUT2D eigenvalue weighted by atomic mass is 10.0. The van der Waals surface area contributed by atoms with Gasteiger partial charge in [0.1, 0.15) is 0 Å². The molecule has 0 aromatic rings. The fourth-order valence-corrected chi connectivity index (χ4v) is 6.00. The van der Waals surface area contributed by atoms with Gasteiger partial charge in [-0.2, -0.15) is 0 Å². The first-order chi connectivity index (χ1) is 20.7. The zero-order valence-corrected chi connectivity index (χ0v) is 29.4. The molecule has 2 heteroatoms. The molecule has 0 saturated carbocycles. The Kier molecular flexibility index (Phi) is 35.7. The van der Waals surface area contributed by atoms with E-state index in [0.717, 1.165) is 25.2 Å². The summed E-state index contributed by atoms with van der Waals surface area (Å²) < 4.78 is 5.28. The average molecular weight is 591 g/mol. The molecule has 0 saturated heterocycles. The van der Waals surface area contributed by atoms with Crippen molar-refractivity contribution < 1.29 is 9.53 Å². The highest BCUT2D eigenvalue weighted by atomic mass is 16.5. The third-order valence-corrected chi connectivity index (χ3v) is 8.93. The predicted molar refractivity (Wildman–Crippen MR) is 188 cm³/mol. The van der Waals surface area contributed by atoms with Gasteiger partial charge in [-0.3, -0.25) is 4.79 Å². The topological polar surface area (TPSA) is 26.3 Å². The van der Waals surface area contributed by atoms with E-state index in [2.05, 4.69) is 20.8 Å². The Morgan fingerprint density at radius 3 is 1.19 bits per heavy atom. The zero-order chi connectivity index (χ0) is 30.6. The van der Waals surface area contributed by atoms with E-state index in [1.165, 1.54) is 186 Å². The molecule has 0 radical (unpaired) electrons. The van der Waals surface area contributed by atoms with Gasteiger partial charge in [0.05, 0.1) is 6.26 Å². The number of ether oxygens (including phenoxy) is 1. The normalized spacial score (nSPS) is 11.7. The number of rotatable bonds is 35. The van der Waals surface area contributed by atoms with Crippen LogP contribution in [0.3, 0.4) is 0 Å². The van der Waals surface area contributed by atoms with E-state index in [4.69, 9.17) is 4.74 Å². The SMILES string of the molecule is CCCCCCCCCCCCCCCCCCCCC=COC(=O)CCCCCCCCCCCCCCC(C)C. The van der Waals surface area contributed by atoms with Crippen molar-refractivity contribution in [1.82, 2.24) is 0 Å². The Hall–Kier alpha value is -0.790. The maximum absolute atomic E-state index is 11.9. The molecule has 250 valence electrons. The Labute approximate surface area is 266 Å². The lowest BCUT2D eigenvalue weighted by molar-refractivity contribution is -0.138. The number of hydrogen-bond donors (Lipinski definition) is 0. The molecule has 0 spiro atoms. The Morgan fingerprint density at radius 2 is 0.810 bits per heavy atom. The van der Waals surface area contributed by atoms with Crippen molar-refractivity contribution >= 4 is 5.97 Å². The zero-order valence-electron chi connectivity index (χ0n) is 29.4. The minimum Gasteiger partial charge on any atom is -0.435 e. The number of unbranched alkanes of at least 4 members (excludes halogenated alkanes) is 29. The van der Waals surface area contributed by atoms with Crippen molar-refractivity contribution in [2.24, 2.45) is 5.92 Å². The number of hydrogen-bond acceptors (Lipinski definition) is 2. The van der Waals surface area contributed by atoms with Crippen LogP contribution in [-0.4, -0.2) is 5.97 Å². The highest BCUT2D eigenvalue weighted by Crippen LogP contribution is 2.16. The lowest BCUT2D eigenvalue weighted by Crippen LogP contribution is -1.98. The molecule has 0 bridgehead atoms. The van der Waals surface area contributed by atoms with Crippen LogP contribution in [0.25, 0.3) is 0 Å². The first kappa shape index (κ1) is 41.2. The summed E-state index contributed by atoms with van der Waals surface area (Å²) in [6, 6.07) is 0. The molecular formula is C40H78O2. The van der Waals surface area contributed by atoms with Gasteiger partial charge in [0.25, 0.3) is 0 Å². The molecule has 42 heavy (non-hydrogen) atoms. The van der Waals surface area contributed by atoms with E-state index < -0.39 is 0 Å². The van der Waals surface area contributed by atoms with Crippen molar-refractivity contribution in [3.63, 3.8) is 0 Å². The van der Waals surface area contributed by atoms with Crippen molar-refractivity contribution in [2.75, 3.05) is 0 Å². The van der Waals surface area contributed by atoms with Crippen LogP contribution in [0.4, 0.5) is 0 Å². The summed E-state index contributed by atoms with van der Waals surface area (Å²) in [6.07, 6.45) is 48.1. The molecule has 0 fully saturated rings. The molecule has 0 heterocycles. The second-order valence-electron chi connectivity index (χ2n) is 13.8. The van der Waals surface area contributed by atoms with Crippen LogP contribution >= 0.6 is 0 Å². The van der Waals surface area contributed by atoms with E-state index in [0.29, 0.717) is 6.42 Å². The van der Waals surface area contributed by atoms with Crippen LogP contribution in [0.5, 0.6) is 0 Å². The van der Waals surface area contributed by atoms with Crippen molar-refractivity contribution in [3.8, 4) is 0 Å². The van der Waals surface area contributed by atoms with E-state index in [9.17, 15) is 4.79 Å². The Bertz CT molecular complexity index is 538. The monoisotopic (exact) mass is 591 g/mol. The molecule has 0 N–H and O–H groups in total. The molecule has 0 aliphatic rings. The predicted octanol–water partition coefficient (Wildman–Crippen LogP) is 14.6. The fourth-order valence-electron chi connectivity index (χ4n) is 6.00. The standard InChI is InChI=1S/C40H78O2/c1-4-5-6-7-8-9-10-11-12-13-14-15-16-17-20-23-26-29-32-35-38-42-40(41)37-34-31-28-25-22-19-18-21-24-27-30-33-36-39(2)3/h35,38-39H,4-34,36-37H2,1-3H3. The summed E-state index contributed by atoms with van der Waals surface area (Å²) in [5.74, 6) is 0.808. The maximum atomic E-state index is 11.9. The largest absolute Gasteiger partial charge is 0.435 e. The molecule has 2 nitrogen and oxygen atoms in total. The Balaban J connectivity index is 3.21. The van der Waals surface area contributed by atoms with Crippen LogP contribution in [0.1, 0.15) is 233 Å². The van der Waals surface area contributed by atoms with E-state index in [-0.39, 0.29) is 5.97 Å². The van der Waals surface area contributed by atoms with Gasteiger partial charge in [-0.25, -0.2) is 0 Å². The number of carbonyl (C=O) groups is 1. The maximum Gasteiger partial charge on any atom is 0.310 e. The van der Waals surface area contributed by atoms with Gasteiger partial charge in [-0.05, 0) is 31.3 Å². The minimum absolute atomic E-state index is 0.0579. The second kappa shape index (κ2) is 36.4. The van der Waals surface area contributed by atoms with Gasteiger partial charge < -0.3 is 4.74 Å². The van der Waals surface area contributed by atoms with Crippen LogP contribution in [0.15, 0.2) is 12.3 Å². The van der Waals surface area contributed by atoms with Gasteiger partial charge in [0.15, 0.2) is 0 Å². The molecular weight excluding hydrogens is 512 g/mol. The van der Waals surface area contributed by atoms with Crippen LogP contribution in [-0.2, 0) is 9.53 Å². The average Bonchev–Trinajstić information content (AvgIpc) is 2.98. The van der Waals surface area contributed by atoms with Gasteiger partial charge in [-0.1, -0.05) is 207 Å².